The molecule has 2 aromatic rings. The summed E-state index contributed by atoms with van der Waals surface area (Å²) in [6.45, 7) is 6.49. The molecule has 2 aromatic carbocycles. The number of carbonyl (C=O) groups excluding carboxylic acids is 2. The second kappa shape index (κ2) is 8.36. The van der Waals surface area contributed by atoms with Crippen molar-refractivity contribution in [3.05, 3.63) is 59.7 Å². The van der Waals surface area contributed by atoms with Gasteiger partial charge in [-0.25, -0.2) is 0 Å². The van der Waals surface area contributed by atoms with E-state index in [1.54, 1.807) is 17.0 Å². The predicted octanol–water partition coefficient (Wildman–Crippen LogP) is 2.86. The fourth-order valence-electron chi connectivity index (χ4n) is 3.37. The topological polar surface area (TPSA) is 96.3 Å². The van der Waals surface area contributed by atoms with E-state index in [9.17, 15) is 19.8 Å². The number of carbonyl (C=O) groups is 2. The van der Waals surface area contributed by atoms with Gasteiger partial charge in [-0.05, 0) is 31.2 Å². The van der Waals surface area contributed by atoms with Gasteiger partial charge in [-0.3, -0.25) is 9.59 Å². The van der Waals surface area contributed by atoms with E-state index >= 15 is 0 Å². The molecule has 29 heavy (non-hydrogen) atoms. The van der Waals surface area contributed by atoms with Gasteiger partial charge in [-0.1, -0.05) is 24.8 Å². The largest absolute Gasteiger partial charge is 0.507 e. The maximum Gasteiger partial charge on any atom is 0.255 e. The molecule has 1 fully saturated rings. The van der Waals surface area contributed by atoms with Crippen LogP contribution in [0, 0.1) is 0 Å². The highest BCUT2D eigenvalue weighted by molar-refractivity contribution is 6.03. The summed E-state index contributed by atoms with van der Waals surface area (Å²) in [5.74, 6) is -0.152. The van der Waals surface area contributed by atoms with Crippen molar-refractivity contribution in [2.45, 2.75) is 12.5 Å². The number of rotatable bonds is 6. The van der Waals surface area contributed by atoms with Crippen LogP contribution in [0.5, 0.6) is 17.2 Å². The van der Waals surface area contributed by atoms with Crippen LogP contribution in [-0.4, -0.2) is 59.2 Å². The summed E-state index contributed by atoms with van der Waals surface area (Å²) in [4.78, 5) is 26.2. The van der Waals surface area contributed by atoms with Crippen LogP contribution >= 0.6 is 0 Å². The zero-order valence-electron chi connectivity index (χ0n) is 16.1. The molecule has 152 valence electrons. The Kier molecular flexibility index (Phi) is 5.89. The zero-order chi connectivity index (χ0) is 21.0. The smallest absolute Gasteiger partial charge is 0.255 e. The molecule has 1 unspecified atom stereocenters. The molecule has 0 radical (unpaired) electrons. The van der Waals surface area contributed by atoms with Crippen LogP contribution in [0.15, 0.2) is 43.0 Å². The zero-order valence-corrected chi connectivity index (χ0v) is 16.1. The van der Waals surface area contributed by atoms with Crippen LogP contribution in [0.3, 0.4) is 0 Å². The molecule has 0 aromatic heterocycles. The molecular weight excluding hydrogens is 374 g/mol. The van der Waals surface area contributed by atoms with Crippen molar-refractivity contribution in [1.82, 2.24) is 4.90 Å². The lowest BCUT2D eigenvalue weighted by molar-refractivity contribution is -0.0618. The highest BCUT2D eigenvalue weighted by atomic mass is 16.5. The van der Waals surface area contributed by atoms with Crippen LogP contribution in [-0.2, 0) is 4.74 Å². The average Bonchev–Trinajstić information content (AvgIpc) is 2.72. The lowest BCUT2D eigenvalue weighted by atomic mass is 9.97. The van der Waals surface area contributed by atoms with Gasteiger partial charge in [0, 0.05) is 6.54 Å². The molecule has 2 N–H and O–H groups in total. The van der Waals surface area contributed by atoms with Crippen molar-refractivity contribution in [1.29, 1.82) is 0 Å². The molecule has 1 atom stereocenters. The molecule has 1 aliphatic rings. The van der Waals surface area contributed by atoms with Crippen molar-refractivity contribution < 1.29 is 29.3 Å². The summed E-state index contributed by atoms with van der Waals surface area (Å²) in [5.41, 5.74) is -0.293. The first kappa shape index (κ1) is 20.4. The first-order valence-corrected chi connectivity index (χ1v) is 9.15. The second-order valence-electron chi connectivity index (χ2n) is 7.04. The van der Waals surface area contributed by atoms with Gasteiger partial charge in [0.2, 0.25) is 0 Å². The average molecular weight is 397 g/mol. The van der Waals surface area contributed by atoms with Gasteiger partial charge < -0.3 is 24.6 Å². The molecular formula is C22H23NO6. The van der Waals surface area contributed by atoms with Crippen molar-refractivity contribution >= 4 is 18.3 Å². The van der Waals surface area contributed by atoms with E-state index in [0.717, 1.165) is 0 Å². The monoisotopic (exact) mass is 397 g/mol. The van der Waals surface area contributed by atoms with Gasteiger partial charge in [0.25, 0.3) is 5.91 Å². The maximum atomic E-state index is 13.2. The first-order valence-electron chi connectivity index (χ1n) is 9.15. The number of nitrogens with zero attached hydrogens (tertiary/aromatic N) is 1. The Morgan fingerprint density at radius 1 is 1.24 bits per heavy atom. The Morgan fingerprint density at radius 2 is 1.93 bits per heavy atom. The van der Waals surface area contributed by atoms with E-state index in [1.807, 2.05) is 6.92 Å². The fourth-order valence-corrected chi connectivity index (χ4v) is 3.37. The van der Waals surface area contributed by atoms with E-state index < -0.39 is 11.4 Å². The Balaban J connectivity index is 1.88. The van der Waals surface area contributed by atoms with Crippen LogP contribution in [0.4, 0.5) is 0 Å². The maximum absolute atomic E-state index is 13.2. The number of phenolic OH excluding ortho intramolecular Hbond substituents is 2. The molecule has 0 saturated carbocycles. The molecule has 0 bridgehead atoms. The van der Waals surface area contributed by atoms with Gasteiger partial charge in [0.15, 0.2) is 6.29 Å². The molecule has 1 aliphatic heterocycles. The Labute approximate surface area is 168 Å². The molecule has 0 aliphatic carbocycles. The fraction of sp³-hybridized carbons (Fsp3) is 0.273. The van der Waals surface area contributed by atoms with Crippen LogP contribution < -0.4 is 4.74 Å². The number of morpholine rings is 1. The number of hydrogen-bond acceptors (Lipinski definition) is 6. The molecule has 1 amide bonds. The Hall–Kier alpha value is -3.32. The Morgan fingerprint density at radius 3 is 2.62 bits per heavy atom. The lowest BCUT2D eigenvalue weighted by Gasteiger charge is -2.44. The highest BCUT2D eigenvalue weighted by Crippen LogP contribution is 2.31. The normalized spacial score (nSPS) is 18.9. The Bertz CT molecular complexity index is 941. The van der Waals surface area contributed by atoms with Crippen molar-refractivity contribution in [3.8, 4) is 17.2 Å². The van der Waals surface area contributed by atoms with Crippen LogP contribution in [0.1, 0.15) is 33.2 Å². The van der Waals surface area contributed by atoms with Crippen molar-refractivity contribution in [2.75, 3.05) is 26.4 Å². The molecule has 1 heterocycles. The van der Waals surface area contributed by atoms with E-state index in [-0.39, 0.29) is 35.8 Å². The van der Waals surface area contributed by atoms with Crippen LogP contribution in [0.25, 0.3) is 6.08 Å². The third-order valence-corrected chi connectivity index (χ3v) is 4.99. The van der Waals surface area contributed by atoms with E-state index in [1.165, 1.54) is 30.3 Å². The summed E-state index contributed by atoms with van der Waals surface area (Å²) in [6.07, 6.45) is 1.97. The van der Waals surface area contributed by atoms with Crippen molar-refractivity contribution in [2.24, 2.45) is 0 Å². The molecule has 7 heteroatoms. The van der Waals surface area contributed by atoms with Crippen molar-refractivity contribution in [3.63, 3.8) is 0 Å². The van der Waals surface area contributed by atoms with Gasteiger partial charge in [0.05, 0.1) is 35.4 Å². The highest BCUT2D eigenvalue weighted by Gasteiger charge is 2.40. The van der Waals surface area contributed by atoms with Crippen LogP contribution in [0.2, 0.25) is 0 Å². The summed E-state index contributed by atoms with van der Waals surface area (Å²) in [7, 11) is 0. The minimum Gasteiger partial charge on any atom is -0.507 e. The predicted molar refractivity (Wildman–Crippen MR) is 107 cm³/mol. The minimum atomic E-state index is -0.829. The van der Waals surface area contributed by atoms with Gasteiger partial charge >= 0.3 is 0 Å². The van der Waals surface area contributed by atoms with E-state index in [2.05, 4.69) is 6.58 Å². The molecule has 3 rings (SSSR count). The SMILES string of the molecule is C=Cc1c(O)cccc1OCC1(C)COCCN1C(=O)c1cccc(O)c1C=O. The lowest BCUT2D eigenvalue weighted by Crippen LogP contribution is -2.60. The molecule has 0 spiro atoms. The van der Waals surface area contributed by atoms with Gasteiger partial charge in [0.1, 0.15) is 23.9 Å². The number of benzene rings is 2. The summed E-state index contributed by atoms with van der Waals surface area (Å²) >= 11 is 0. The number of amides is 1. The third kappa shape index (κ3) is 3.95. The number of aromatic hydroxyl groups is 2. The molecule has 7 nitrogen and oxygen atoms in total. The molecule has 1 saturated heterocycles. The standard InChI is InChI=1S/C22H23NO6/c1-3-15-18(25)8-5-9-20(15)29-14-22(2)13-28-11-10-23(22)21(27)16-6-4-7-19(26)17(16)12-24/h3-9,12,25-26H,1,10-11,13-14H2,2H3. The third-order valence-electron chi connectivity index (χ3n) is 4.99. The number of hydrogen-bond donors (Lipinski definition) is 2. The summed E-state index contributed by atoms with van der Waals surface area (Å²) in [6, 6.07) is 9.29. The van der Waals surface area contributed by atoms with E-state index in [4.69, 9.17) is 9.47 Å². The van der Waals surface area contributed by atoms with Gasteiger partial charge in [-0.2, -0.15) is 0 Å². The number of phenols is 2. The quantitative estimate of drug-likeness (QED) is 0.728. The number of ether oxygens (including phenoxy) is 2. The van der Waals surface area contributed by atoms with E-state index in [0.29, 0.717) is 30.8 Å². The summed E-state index contributed by atoms with van der Waals surface area (Å²) < 4.78 is 11.5. The number of aldehydes is 1. The first-order chi connectivity index (χ1) is 13.9. The van der Waals surface area contributed by atoms with Gasteiger partial charge in [-0.15, -0.1) is 0 Å². The second-order valence-corrected chi connectivity index (χ2v) is 7.04. The summed E-state index contributed by atoms with van der Waals surface area (Å²) in [5, 5.41) is 19.9. The minimum absolute atomic E-state index is 0.0471.